The van der Waals surface area contributed by atoms with Crippen molar-refractivity contribution in [2.45, 2.75) is 19.3 Å². The van der Waals surface area contributed by atoms with Crippen molar-refractivity contribution in [1.82, 2.24) is 19.7 Å². The van der Waals surface area contributed by atoms with Crippen molar-refractivity contribution in [1.29, 1.82) is 0 Å². The summed E-state index contributed by atoms with van der Waals surface area (Å²) in [5.41, 5.74) is -2.15. The van der Waals surface area contributed by atoms with Gasteiger partial charge in [-0.2, -0.15) is 23.3 Å². The van der Waals surface area contributed by atoms with E-state index < -0.39 is 33.3 Å². The Bertz CT molecular complexity index is 1450. The molecule has 0 saturated carbocycles. The summed E-state index contributed by atoms with van der Waals surface area (Å²) in [6.45, 7) is 1.07. The maximum atomic E-state index is 13.2. The third kappa shape index (κ3) is 3.80. The smallest absolute Gasteiger partial charge is 0.339 e. The maximum absolute atomic E-state index is 13.2. The Hall–Kier alpha value is -3.87. The molecule has 1 aliphatic heterocycles. The summed E-state index contributed by atoms with van der Waals surface area (Å²) in [7, 11) is 0. The molecule has 2 aromatic heterocycles. The molecule has 0 amide bonds. The van der Waals surface area contributed by atoms with Crippen LogP contribution in [-0.2, 0) is 19.3 Å². The number of alkyl halides is 3. The Labute approximate surface area is 186 Å². The van der Waals surface area contributed by atoms with Crippen LogP contribution in [0.25, 0.3) is 21.5 Å². The molecule has 0 radical (unpaired) electrons. The van der Waals surface area contributed by atoms with E-state index in [1.165, 1.54) is 0 Å². The number of nitro groups is 1. The van der Waals surface area contributed by atoms with Crippen LogP contribution in [0.4, 0.5) is 24.0 Å². The molecule has 5 rings (SSSR count). The molecule has 0 atom stereocenters. The zero-order valence-corrected chi connectivity index (χ0v) is 17.4. The lowest BCUT2D eigenvalue weighted by Gasteiger charge is -2.26. The molecule has 2 aromatic carbocycles. The minimum atomic E-state index is -4.83. The standard InChI is InChI=1S/C20H13F3N6O3S/c21-20(22,23)12-8-13-16(14(9-12)29(31)32)33-19(25-18(13)30)27-6-7-28-15(10-27)24-17(26-28)11-4-2-1-3-5-11/h1-5,8-9H,6-7,10H2. The normalized spacial score (nSPS) is 13.8. The van der Waals surface area contributed by atoms with Gasteiger partial charge in [0, 0.05) is 18.2 Å². The van der Waals surface area contributed by atoms with Crippen molar-refractivity contribution < 1.29 is 18.1 Å². The van der Waals surface area contributed by atoms with Crippen LogP contribution in [0, 0.1) is 10.1 Å². The number of rotatable bonds is 3. The van der Waals surface area contributed by atoms with E-state index >= 15 is 0 Å². The first-order valence-corrected chi connectivity index (χ1v) is 10.5. The number of hydrogen-bond acceptors (Lipinski definition) is 8. The van der Waals surface area contributed by atoms with Crippen LogP contribution >= 0.6 is 11.3 Å². The van der Waals surface area contributed by atoms with Gasteiger partial charge in [0.05, 0.1) is 29.0 Å². The molecule has 33 heavy (non-hydrogen) atoms. The average Bonchev–Trinajstić information content (AvgIpc) is 3.21. The second-order valence-electron chi connectivity index (χ2n) is 7.29. The quantitative estimate of drug-likeness (QED) is 0.328. The van der Waals surface area contributed by atoms with Crippen LogP contribution in [0.1, 0.15) is 11.4 Å². The molecular weight excluding hydrogens is 461 g/mol. The molecular formula is C20H13F3N6O3S. The second-order valence-corrected chi connectivity index (χ2v) is 8.27. The van der Waals surface area contributed by atoms with Crippen LogP contribution < -0.4 is 10.5 Å². The molecule has 4 aromatic rings. The summed E-state index contributed by atoms with van der Waals surface area (Å²) in [6.07, 6.45) is -4.83. The van der Waals surface area contributed by atoms with Gasteiger partial charge in [-0.15, -0.1) is 0 Å². The highest BCUT2D eigenvalue weighted by atomic mass is 32.1. The van der Waals surface area contributed by atoms with Gasteiger partial charge >= 0.3 is 6.18 Å². The third-order valence-electron chi connectivity index (χ3n) is 5.18. The first kappa shape index (κ1) is 21.0. The van der Waals surface area contributed by atoms with Gasteiger partial charge < -0.3 is 4.90 Å². The molecule has 13 heteroatoms. The minimum absolute atomic E-state index is 0.153. The van der Waals surface area contributed by atoms with Crippen molar-refractivity contribution in [3.05, 3.63) is 74.3 Å². The van der Waals surface area contributed by atoms with Gasteiger partial charge in [0.1, 0.15) is 10.5 Å². The summed E-state index contributed by atoms with van der Waals surface area (Å²) in [5, 5.41) is 15.7. The fourth-order valence-corrected chi connectivity index (χ4v) is 4.67. The highest BCUT2D eigenvalue weighted by Gasteiger charge is 2.34. The van der Waals surface area contributed by atoms with E-state index in [2.05, 4.69) is 15.1 Å². The molecule has 0 saturated heterocycles. The Morgan fingerprint density at radius 1 is 1.09 bits per heavy atom. The monoisotopic (exact) mass is 474 g/mol. The molecule has 9 nitrogen and oxygen atoms in total. The number of nitro benzene ring substituents is 1. The maximum Gasteiger partial charge on any atom is 0.416 e. The van der Waals surface area contributed by atoms with E-state index in [0.717, 1.165) is 16.9 Å². The highest BCUT2D eigenvalue weighted by molar-refractivity contribution is 7.22. The number of halogens is 3. The second kappa shape index (κ2) is 7.62. The van der Waals surface area contributed by atoms with Crippen molar-refractivity contribution in [2.24, 2.45) is 0 Å². The van der Waals surface area contributed by atoms with Gasteiger partial charge in [0.25, 0.3) is 11.2 Å². The predicted octanol–water partition coefficient (Wildman–Crippen LogP) is 3.86. The van der Waals surface area contributed by atoms with Gasteiger partial charge in [-0.3, -0.25) is 14.9 Å². The average molecular weight is 474 g/mol. The lowest BCUT2D eigenvalue weighted by Crippen LogP contribution is -2.35. The molecule has 0 spiro atoms. The van der Waals surface area contributed by atoms with Crippen LogP contribution in [0.3, 0.4) is 0 Å². The predicted molar refractivity (Wildman–Crippen MR) is 114 cm³/mol. The van der Waals surface area contributed by atoms with Gasteiger partial charge in [0.15, 0.2) is 11.0 Å². The first-order chi connectivity index (χ1) is 15.7. The SMILES string of the molecule is O=c1nc(N2CCn3nc(-c4ccccc4)nc3C2)sc2c([N+](=O)[O-])cc(C(F)(F)F)cc12. The summed E-state index contributed by atoms with van der Waals surface area (Å²) >= 11 is 0.808. The number of anilines is 1. The molecule has 0 bridgehead atoms. The molecule has 3 heterocycles. The number of fused-ring (bicyclic) bond motifs is 2. The number of hydrogen-bond donors (Lipinski definition) is 0. The largest absolute Gasteiger partial charge is 0.416 e. The number of benzene rings is 2. The van der Waals surface area contributed by atoms with Crippen molar-refractivity contribution in [3.63, 3.8) is 0 Å². The van der Waals surface area contributed by atoms with E-state index in [4.69, 9.17) is 0 Å². The van der Waals surface area contributed by atoms with E-state index in [-0.39, 0.29) is 16.4 Å². The zero-order valence-electron chi connectivity index (χ0n) is 16.6. The van der Waals surface area contributed by atoms with Crippen molar-refractivity contribution >= 4 is 32.2 Å². The summed E-state index contributed by atoms with van der Waals surface area (Å²) < 4.78 is 41.1. The van der Waals surface area contributed by atoms with Gasteiger partial charge in [0.2, 0.25) is 0 Å². The van der Waals surface area contributed by atoms with Gasteiger partial charge in [-0.05, 0) is 6.07 Å². The molecule has 0 fully saturated rings. The molecule has 0 N–H and O–H groups in total. The van der Waals surface area contributed by atoms with Crippen LogP contribution in [0.15, 0.2) is 47.3 Å². The molecule has 0 aliphatic carbocycles. The van der Waals surface area contributed by atoms with Crippen molar-refractivity contribution in [3.8, 4) is 11.4 Å². The van der Waals surface area contributed by atoms with Crippen molar-refractivity contribution in [2.75, 3.05) is 11.4 Å². The van der Waals surface area contributed by atoms with E-state index in [1.807, 2.05) is 30.3 Å². The van der Waals surface area contributed by atoms with E-state index in [0.29, 0.717) is 36.9 Å². The van der Waals surface area contributed by atoms with Gasteiger partial charge in [-0.25, -0.2) is 9.67 Å². The topological polar surface area (TPSA) is 107 Å². The molecule has 0 unspecified atom stereocenters. The van der Waals surface area contributed by atoms with Crippen LogP contribution in [-0.4, -0.2) is 31.2 Å². The fourth-order valence-electron chi connectivity index (χ4n) is 3.58. The number of non-ortho nitro benzene ring substituents is 1. The first-order valence-electron chi connectivity index (χ1n) is 9.65. The fraction of sp³-hybridized carbons (Fsp3) is 0.200. The van der Waals surface area contributed by atoms with Crippen LogP contribution in [0.5, 0.6) is 0 Å². The summed E-state index contributed by atoms with van der Waals surface area (Å²) in [4.78, 5) is 33.3. The Morgan fingerprint density at radius 3 is 2.55 bits per heavy atom. The number of aromatic nitrogens is 4. The summed E-state index contributed by atoms with van der Waals surface area (Å²) in [6, 6.07) is 10.4. The Kier molecular flexibility index (Phi) is 4.85. The Balaban J connectivity index is 1.55. The molecule has 1 aliphatic rings. The van der Waals surface area contributed by atoms with E-state index in [9.17, 15) is 28.1 Å². The lowest BCUT2D eigenvalue weighted by atomic mass is 10.1. The highest BCUT2D eigenvalue weighted by Crippen LogP contribution is 2.38. The lowest BCUT2D eigenvalue weighted by molar-refractivity contribution is -0.383. The summed E-state index contributed by atoms with van der Waals surface area (Å²) in [5.74, 6) is 1.16. The minimum Gasteiger partial charge on any atom is -0.339 e. The van der Waals surface area contributed by atoms with Crippen LogP contribution in [0.2, 0.25) is 0 Å². The Morgan fingerprint density at radius 2 is 1.85 bits per heavy atom. The molecule has 168 valence electrons. The van der Waals surface area contributed by atoms with E-state index in [1.54, 1.807) is 9.58 Å². The zero-order chi connectivity index (χ0) is 23.3. The third-order valence-corrected chi connectivity index (χ3v) is 6.34. The van der Waals surface area contributed by atoms with Gasteiger partial charge in [-0.1, -0.05) is 41.7 Å². The number of nitrogens with zero attached hydrogens (tertiary/aromatic N) is 6.